The maximum Gasteiger partial charge on any atom is 0.188 e. The molecule has 2 aromatic carbocycles. The number of hydrogen-bond donors (Lipinski definition) is 1. The van der Waals surface area contributed by atoms with Crippen LogP contribution in [0, 0.1) is 12.3 Å². The zero-order valence-corrected chi connectivity index (χ0v) is 24.3. The maximum absolute atomic E-state index is 7.11. The second-order valence-electron chi connectivity index (χ2n) is 7.97. The Bertz CT molecular complexity index is 1400. The average Bonchev–Trinajstić information content (AvgIpc) is 3.35. The van der Waals surface area contributed by atoms with Crippen molar-refractivity contribution in [2.75, 3.05) is 0 Å². The fourth-order valence-electron chi connectivity index (χ4n) is 3.40. The van der Waals surface area contributed by atoms with Gasteiger partial charge < -0.3 is 9.98 Å². The van der Waals surface area contributed by atoms with Crippen molar-refractivity contribution in [2.24, 2.45) is 7.05 Å². The van der Waals surface area contributed by atoms with Gasteiger partial charge in [0.2, 0.25) is 0 Å². The summed E-state index contributed by atoms with van der Waals surface area (Å²) in [6.07, 6.45) is 6.53. The van der Waals surface area contributed by atoms with Gasteiger partial charge in [-0.3, -0.25) is 0 Å². The molecule has 0 aliphatic rings. The molecule has 200 valence electrons. The highest BCUT2D eigenvalue weighted by Gasteiger charge is 2.10. The first-order chi connectivity index (χ1) is 19.1. The van der Waals surface area contributed by atoms with E-state index in [9.17, 15) is 0 Å². The van der Waals surface area contributed by atoms with Crippen molar-refractivity contribution >= 4 is 29.7 Å². The lowest BCUT2D eigenvalue weighted by atomic mass is 10.2. The van der Waals surface area contributed by atoms with Gasteiger partial charge in [0.05, 0.1) is 29.1 Å². The number of thioether (sulfide) groups is 2. The Morgan fingerprint density at radius 1 is 0.744 bits per heavy atom. The van der Waals surface area contributed by atoms with Gasteiger partial charge in [-0.15, -0.1) is 0 Å². The van der Waals surface area contributed by atoms with Crippen molar-refractivity contribution < 1.29 is 0 Å². The van der Waals surface area contributed by atoms with Crippen LogP contribution in [0.15, 0.2) is 102 Å². The van der Waals surface area contributed by atoms with Crippen molar-refractivity contribution in [1.82, 2.24) is 29.5 Å². The highest BCUT2D eigenvalue weighted by atomic mass is 32.2. The van der Waals surface area contributed by atoms with Crippen LogP contribution in [-0.4, -0.2) is 35.7 Å². The van der Waals surface area contributed by atoms with Crippen LogP contribution >= 0.6 is 23.5 Å². The van der Waals surface area contributed by atoms with Crippen LogP contribution in [0.5, 0.6) is 0 Å². The van der Waals surface area contributed by atoms with E-state index in [4.69, 9.17) is 5.41 Å². The number of nitrogens with zero attached hydrogens (tertiary/aromatic N) is 6. The number of aryl methyl sites for hydroxylation is 2. The molecule has 0 aliphatic carbocycles. The molecule has 39 heavy (non-hydrogen) atoms. The molecule has 7 nitrogen and oxygen atoms in total. The summed E-state index contributed by atoms with van der Waals surface area (Å²) in [4.78, 5) is 21.7. The highest BCUT2D eigenvalue weighted by molar-refractivity contribution is 7.98. The number of aromatic nitrogens is 6. The van der Waals surface area contributed by atoms with Gasteiger partial charge in [0.25, 0.3) is 0 Å². The van der Waals surface area contributed by atoms with Gasteiger partial charge in [0.1, 0.15) is 0 Å². The van der Waals surface area contributed by atoms with Crippen molar-refractivity contribution in [3.63, 3.8) is 0 Å². The second kappa shape index (κ2) is 16.2. The summed E-state index contributed by atoms with van der Waals surface area (Å²) in [7, 11) is 1.98. The van der Waals surface area contributed by atoms with E-state index in [-0.39, 0.29) is 0 Å². The third-order valence-electron chi connectivity index (χ3n) is 5.22. The largest absolute Gasteiger partial charge is 0.332 e. The summed E-state index contributed by atoms with van der Waals surface area (Å²) >= 11 is 3.22. The van der Waals surface area contributed by atoms with E-state index >= 15 is 0 Å². The van der Waals surface area contributed by atoms with E-state index in [0.29, 0.717) is 10.9 Å². The van der Waals surface area contributed by atoms with Crippen LogP contribution < -0.4 is 0 Å². The molecule has 5 aromatic rings. The molecule has 0 spiro atoms. The average molecular weight is 556 g/mol. The van der Waals surface area contributed by atoms with Crippen molar-refractivity contribution in [2.45, 2.75) is 42.6 Å². The van der Waals surface area contributed by atoms with E-state index in [1.54, 1.807) is 35.8 Å². The third kappa shape index (κ3) is 9.46. The molecule has 5 rings (SSSR count). The minimum Gasteiger partial charge on any atom is -0.332 e. The van der Waals surface area contributed by atoms with Gasteiger partial charge in [0.15, 0.2) is 10.3 Å². The van der Waals surface area contributed by atoms with Gasteiger partial charge in [0, 0.05) is 37.2 Å². The molecule has 0 unspecified atom stereocenters. The lowest BCUT2D eigenvalue weighted by molar-refractivity contribution is 0.898. The molecule has 9 heteroatoms. The molecular formula is C30H33N7S2. The van der Waals surface area contributed by atoms with E-state index in [2.05, 4.69) is 49.2 Å². The molecule has 0 fully saturated rings. The smallest absolute Gasteiger partial charge is 0.188 e. The molecule has 0 saturated heterocycles. The minimum atomic E-state index is 0.644. The van der Waals surface area contributed by atoms with Gasteiger partial charge in [-0.1, -0.05) is 98.0 Å². The lowest BCUT2D eigenvalue weighted by Crippen LogP contribution is -1.96. The Labute approximate surface area is 239 Å². The molecule has 0 bridgehead atoms. The normalized spacial score (nSPS) is 10.1. The molecule has 0 aliphatic heterocycles. The molecule has 1 N–H and O–H groups in total. The number of imidazole rings is 1. The fraction of sp³-hybridized carbons (Fsp3) is 0.200. The predicted molar refractivity (Wildman–Crippen MR) is 162 cm³/mol. The molecule has 0 amide bonds. The summed E-state index contributed by atoms with van der Waals surface area (Å²) in [6, 6.07) is 24.2. The molecule has 3 heterocycles. The Hall–Kier alpha value is -3.82. The van der Waals surface area contributed by atoms with E-state index < -0.39 is 0 Å². The lowest BCUT2D eigenvalue weighted by Gasteiger charge is -2.05. The van der Waals surface area contributed by atoms with Crippen LogP contribution in [0.1, 0.15) is 36.4 Å². The first kappa shape index (κ1) is 29.7. The number of rotatable bonds is 8. The van der Waals surface area contributed by atoms with Crippen LogP contribution in [-0.2, 0) is 18.6 Å². The summed E-state index contributed by atoms with van der Waals surface area (Å²) in [5, 5.41) is 8.61. The molecular weight excluding hydrogens is 523 g/mol. The minimum absolute atomic E-state index is 0.644. The highest BCUT2D eigenvalue weighted by Crippen LogP contribution is 2.24. The standard InChI is InChI=1S/C16H16N4S.C12H11N3S.C2H6/c1-12-15(20(2)11-18-12)14-8-9-17-16(19-14)21-10-13-6-4-3-5-7-13;13-8-11-6-7-14-12(15-11)16-9-10-4-2-1-3-5-10;1-2/h3-9,11H,10H2,1-2H3;1-8,13H,9H2;1-2H3. The predicted octanol–water partition coefficient (Wildman–Crippen LogP) is 7.27. The van der Waals surface area contributed by atoms with E-state index in [1.807, 2.05) is 87.4 Å². The van der Waals surface area contributed by atoms with Crippen molar-refractivity contribution in [3.05, 3.63) is 114 Å². The Kier molecular flexibility index (Phi) is 12.4. The first-order valence-corrected chi connectivity index (χ1v) is 14.6. The Morgan fingerprint density at radius 3 is 1.79 bits per heavy atom. The van der Waals surface area contributed by atoms with Crippen LogP contribution in [0.25, 0.3) is 11.4 Å². The molecule has 0 saturated carbocycles. The Balaban J connectivity index is 0.000000210. The summed E-state index contributed by atoms with van der Waals surface area (Å²) in [5.74, 6) is 1.72. The number of hydrogen-bond acceptors (Lipinski definition) is 8. The quantitative estimate of drug-likeness (QED) is 0.122. The summed E-state index contributed by atoms with van der Waals surface area (Å²) < 4.78 is 1.99. The molecule has 0 radical (unpaired) electrons. The number of benzene rings is 2. The number of nitrogens with one attached hydrogen (secondary N) is 1. The Morgan fingerprint density at radius 2 is 1.28 bits per heavy atom. The molecule has 3 aromatic heterocycles. The van der Waals surface area contributed by atoms with Crippen LogP contribution in [0.4, 0.5) is 0 Å². The van der Waals surface area contributed by atoms with Gasteiger partial charge in [-0.2, -0.15) is 0 Å². The first-order valence-electron chi connectivity index (χ1n) is 12.6. The second-order valence-corrected chi connectivity index (χ2v) is 9.86. The van der Waals surface area contributed by atoms with Crippen LogP contribution in [0.2, 0.25) is 0 Å². The zero-order chi connectivity index (χ0) is 27.9. The summed E-state index contributed by atoms with van der Waals surface area (Å²) in [5.41, 5.74) is 6.10. The summed E-state index contributed by atoms with van der Waals surface area (Å²) in [6.45, 7) is 5.99. The molecule has 0 atom stereocenters. The van der Waals surface area contributed by atoms with Crippen LogP contribution in [0.3, 0.4) is 0 Å². The monoisotopic (exact) mass is 555 g/mol. The van der Waals surface area contributed by atoms with E-state index in [0.717, 1.165) is 33.7 Å². The SMILES string of the molecule is CC.Cc1ncn(C)c1-c1ccnc(SCc2ccccc2)n1.N=Cc1ccnc(SCc2ccccc2)n1. The third-order valence-corrected chi connectivity index (χ3v) is 7.09. The van der Waals surface area contributed by atoms with Gasteiger partial charge in [-0.05, 0) is 30.2 Å². The van der Waals surface area contributed by atoms with Gasteiger partial charge >= 0.3 is 0 Å². The van der Waals surface area contributed by atoms with Crippen molar-refractivity contribution in [3.8, 4) is 11.4 Å². The maximum atomic E-state index is 7.11. The zero-order valence-electron chi connectivity index (χ0n) is 22.7. The van der Waals surface area contributed by atoms with Crippen molar-refractivity contribution in [1.29, 1.82) is 5.41 Å². The van der Waals surface area contributed by atoms with Gasteiger partial charge in [-0.25, -0.2) is 24.9 Å². The fourth-order valence-corrected chi connectivity index (χ4v) is 4.98. The topological polar surface area (TPSA) is 93.2 Å². The van der Waals surface area contributed by atoms with E-state index in [1.165, 1.54) is 17.3 Å².